The van der Waals surface area contributed by atoms with Crippen molar-refractivity contribution in [3.63, 3.8) is 0 Å². The molecule has 5 heteroatoms. The molecule has 2 aromatic carbocycles. The van der Waals surface area contributed by atoms with E-state index in [-0.39, 0.29) is 10.6 Å². The van der Waals surface area contributed by atoms with Gasteiger partial charge in [0.05, 0.1) is 16.0 Å². The van der Waals surface area contributed by atoms with Gasteiger partial charge in [0.25, 0.3) is 5.69 Å². The summed E-state index contributed by atoms with van der Waals surface area (Å²) < 4.78 is 0. The Bertz CT molecular complexity index is 1040. The number of piperidine rings is 1. The second-order valence-electron chi connectivity index (χ2n) is 7.69. The summed E-state index contributed by atoms with van der Waals surface area (Å²) in [6, 6.07) is 15.9. The summed E-state index contributed by atoms with van der Waals surface area (Å²) in [6.07, 6.45) is 6.37. The Morgan fingerprint density at radius 3 is 2.63 bits per heavy atom. The van der Waals surface area contributed by atoms with Crippen LogP contribution in [0.5, 0.6) is 0 Å². The van der Waals surface area contributed by atoms with Gasteiger partial charge in [0.1, 0.15) is 5.52 Å². The monoisotopic (exact) mass is 359 g/mol. The number of aryl methyl sites for hydroxylation is 1. The molecule has 5 nitrogen and oxygen atoms in total. The molecule has 2 heterocycles. The number of fused-ring (bicyclic) bond motifs is 3. The van der Waals surface area contributed by atoms with Crippen LogP contribution in [0.3, 0.4) is 0 Å². The number of nitrogens with zero attached hydrogens (tertiary/aromatic N) is 3. The minimum atomic E-state index is -0.325. The molecule has 1 fully saturated rings. The number of aromatic nitrogens is 1. The summed E-state index contributed by atoms with van der Waals surface area (Å²) in [4.78, 5) is 17.9. The molecule has 1 aromatic heterocycles. The Kier molecular flexibility index (Phi) is 3.64. The van der Waals surface area contributed by atoms with Crippen LogP contribution in [0.15, 0.2) is 54.7 Å². The average Bonchev–Trinajstić information content (AvgIpc) is 3.06. The molecule has 1 saturated heterocycles. The van der Waals surface area contributed by atoms with Crippen molar-refractivity contribution in [2.75, 3.05) is 18.0 Å². The van der Waals surface area contributed by atoms with Gasteiger partial charge in [-0.3, -0.25) is 15.1 Å². The van der Waals surface area contributed by atoms with Gasteiger partial charge >= 0.3 is 0 Å². The number of benzene rings is 2. The molecule has 0 N–H and O–H groups in total. The molecule has 5 rings (SSSR count). The van der Waals surface area contributed by atoms with Crippen molar-refractivity contribution in [3.8, 4) is 0 Å². The maximum absolute atomic E-state index is 11.4. The van der Waals surface area contributed by atoms with E-state index in [1.165, 1.54) is 24.0 Å². The van der Waals surface area contributed by atoms with Gasteiger partial charge in [-0.05, 0) is 60.4 Å². The van der Waals surface area contributed by atoms with Gasteiger partial charge in [-0.25, -0.2) is 0 Å². The summed E-state index contributed by atoms with van der Waals surface area (Å²) in [5.74, 6) is 0. The van der Waals surface area contributed by atoms with E-state index in [0.717, 1.165) is 37.1 Å². The fourth-order valence-electron chi connectivity index (χ4n) is 5.02. The quantitative estimate of drug-likeness (QED) is 0.494. The van der Waals surface area contributed by atoms with Crippen molar-refractivity contribution < 1.29 is 4.92 Å². The number of non-ortho nitro benzene ring substituents is 1. The number of pyridine rings is 1. The molecule has 1 aliphatic heterocycles. The van der Waals surface area contributed by atoms with Crippen LogP contribution in [0.25, 0.3) is 10.9 Å². The third-order valence-electron chi connectivity index (χ3n) is 6.44. The topological polar surface area (TPSA) is 59.3 Å². The highest BCUT2D eigenvalue weighted by molar-refractivity contribution is 5.97. The van der Waals surface area contributed by atoms with Crippen molar-refractivity contribution in [3.05, 3.63) is 76.0 Å². The number of anilines is 1. The van der Waals surface area contributed by atoms with Gasteiger partial charge in [0.2, 0.25) is 0 Å². The van der Waals surface area contributed by atoms with E-state index in [1.807, 2.05) is 6.07 Å². The van der Waals surface area contributed by atoms with Crippen LogP contribution < -0.4 is 4.90 Å². The van der Waals surface area contributed by atoms with E-state index in [4.69, 9.17) is 0 Å². The predicted molar refractivity (Wildman–Crippen MR) is 106 cm³/mol. The maximum atomic E-state index is 11.4. The molecule has 27 heavy (non-hydrogen) atoms. The first-order chi connectivity index (χ1) is 13.2. The van der Waals surface area contributed by atoms with Crippen molar-refractivity contribution in [2.24, 2.45) is 0 Å². The summed E-state index contributed by atoms with van der Waals surface area (Å²) >= 11 is 0. The zero-order valence-corrected chi connectivity index (χ0v) is 15.1. The van der Waals surface area contributed by atoms with E-state index >= 15 is 0 Å². The summed E-state index contributed by atoms with van der Waals surface area (Å²) in [6.45, 7) is 1.91. The zero-order valence-electron chi connectivity index (χ0n) is 15.1. The normalized spacial score (nSPS) is 18.0. The van der Waals surface area contributed by atoms with Gasteiger partial charge < -0.3 is 4.90 Å². The number of hydrogen-bond acceptors (Lipinski definition) is 4. The first-order valence-corrected chi connectivity index (χ1v) is 9.53. The van der Waals surface area contributed by atoms with Crippen molar-refractivity contribution >= 4 is 22.3 Å². The van der Waals surface area contributed by atoms with E-state index in [1.54, 1.807) is 24.4 Å². The van der Waals surface area contributed by atoms with E-state index < -0.39 is 0 Å². The summed E-state index contributed by atoms with van der Waals surface area (Å²) in [5.41, 5.74) is 5.22. The molecule has 2 aliphatic rings. The van der Waals surface area contributed by atoms with Crippen LogP contribution in [0, 0.1) is 10.1 Å². The molecule has 0 unspecified atom stereocenters. The van der Waals surface area contributed by atoms with Crippen LogP contribution >= 0.6 is 0 Å². The first kappa shape index (κ1) is 16.2. The van der Waals surface area contributed by atoms with E-state index in [0.29, 0.717) is 10.8 Å². The van der Waals surface area contributed by atoms with Gasteiger partial charge in [-0.1, -0.05) is 24.3 Å². The Morgan fingerprint density at radius 1 is 1.00 bits per heavy atom. The van der Waals surface area contributed by atoms with Crippen LogP contribution in [-0.4, -0.2) is 23.0 Å². The fraction of sp³-hybridized carbons (Fsp3) is 0.318. The molecule has 0 saturated carbocycles. The number of nitro groups is 1. The number of rotatable bonds is 2. The largest absolute Gasteiger partial charge is 0.370 e. The Balaban J connectivity index is 1.47. The van der Waals surface area contributed by atoms with Crippen LogP contribution in [0.4, 0.5) is 11.4 Å². The van der Waals surface area contributed by atoms with Crippen LogP contribution in [-0.2, 0) is 11.8 Å². The lowest BCUT2D eigenvalue weighted by molar-refractivity contribution is -0.383. The Hall–Kier alpha value is -2.95. The predicted octanol–water partition coefficient (Wildman–Crippen LogP) is 4.63. The standard InChI is InChI=1S/C22H21N3O2/c26-25(27)19-7-8-20(21-17(19)5-3-13-23-21)24-14-11-22(12-15-24)10-9-16-4-1-2-6-18(16)22/h1-8,13H,9-12,14-15H2. The van der Waals surface area contributed by atoms with Gasteiger partial charge in [-0.2, -0.15) is 0 Å². The van der Waals surface area contributed by atoms with E-state index in [2.05, 4.69) is 34.1 Å². The molecular weight excluding hydrogens is 338 g/mol. The third kappa shape index (κ3) is 2.49. The summed E-state index contributed by atoms with van der Waals surface area (Å²) in [5, 5.41) is 12.0. The molecule has 3 aromatic rings. The van der Waals surface area contributed by atoms with Crippen molar-refractivity contribution in [1.82, 2.24) is 4.98 Å². The molecule has 0 atom stereocenters. The smallest absolute Gasteiger partial charge is 0.278 e. The van der Waals surface area contributed by atoms with Crippen LogP contribution in [0.1, 0.15) is 30.4 Å². The minimum Gasteiger partial charge on any atom is -0.370 e. The van der Waals surface area contributed by atoms with E-state index in [9.17, 15) is 10.1 Å². The molecular formula is C22H21N3O2. The highest BCUT2D eigenvalue weighted by Gasteiger charge is 2.41. The van der Waals surface area contributed by atoms with Gasteiger partial charge in [-0.15, -0.1) is 0 Å². The Morgan fingerprint density at radius 2 is 1.81 bits per heavy atom. The first-order valence-electron chi connectivity index (χ1n) is 9.53. The highest BCUT2D eigenvalue weighted by Crippen LogP contribution is 2.47. The Labute approximate surface area is 157 Å². The third-order valence-corrected chi connectivity index (χ3v) is 6.44. The lowest BCUT2D eigenvalue weighted by Gasteiger charge is -2.41. The van der Waals surface area contributed by atoms with Crippen molar-refractivity contribution in [1.29, 1.82) is 0 Å². The highest BCUT2D eigenvalue weighted by atomic mass is 16.6. The molecule has 1 spiro atoms. The minimum absolute atomic E-state index is 0.125. The summed E-state index contributed by atoms with van der Waals surface area (Å²) in [7, 11) is 0. The molecule has 0 radical (unpaired) electrons. The molecule has 0 amide bonds. The second-order valence-corrected chi connectivity index (χ2v) is 7.69. The second kappa shape index (κ2) is 6.05. The van der Waals surface area contributed by atoms with Gasteiger partial charge in [0.15, 0.2) is 0 Å². The SMILES string of the molecule is O=[N+]([O-])c1ccc(N2CCC3(CCc4ccccc43)CC2)c2ncccc12. The zero-order chi connectivity index (χ0) is 18.4. The molecule has 136 valence electrons. The fourth-order valence-corrected chi connectivity index (χ4v) is 5.02. The number of nitro benzene ring substituents is 1. The van der Waals surface area contributed by atoms with Crippen molar-refractivity contribution in [2.45, 2.75) is 31.1 Å². The molecule has 0 bridgehead atoms. The lowest BCUT2D eigenvalue weighted by atomic mass is 9.74. The maximum Gasteiger partial charge on any atom is 0.278 e. The van der Waals surface area contributed by atoms with Gasteiger partial charge in [0, 0.05) is 25.4 Å². The molecule has 1 aliphatic carbocycles. The number of hydrogen-bond donors (Lipinski definition) is 0. The lowest BCUT2D eigenvalue weighted by Crippen LogP contribution is -2.41. The average molecular weight is 359 g/mol. The van der Waals surface area contributed by atoms with Crippen LogP contribution in [0.2, 0.25) is 0 Å².